The highest BCUT2D eigenvalue weighted by Gasteiger charge is 2.14. The summed E-state index contributed by atoms with van der Waals surface area (Å²) in [5.41, 5.74) is 7.70. The number of ether oxygens (including phenoxy) is 1. The quantitative estimate of drug-likeness (QED) is 0.766. The first-order chi connectivity index (χ1) is 7.33. The Hall–Kier alpha value is -1.97. The van der Waals surface area contributed by atoms with E-state index in [1.165, 1.54) is 5.56 Å². The van der Waals surface area contributed by atoms with Crippen molar-refractivity contribution < 1.29 is 9.26 Å². The van der Waals surface area contributed by atoms with Crippen molar-refractivity contribution >= 4 is 5.82 Å². The summed E-state index contributed by atoms with van der Waals surface area (Å²) in [6.07, 6.45) is 0.951. The molecule has 0 saturated carbocycles. The number of anilines is 1. The molecule has 1 aromatic heterocycles. The largest absolute Gasteiger partial charge is 0.493 e. The summed E-state index contributed by atoms with van der Waals surface area (Å²) in [6.45, 7) is 0.761. The second-order valence-corrected chi connectivity index (χ2v) is 3.54. The van der Waals surface area contributed by atoms with Crippen LogP contribution in [0.4, 0.5) is 5.82 Å². The van der Waals surface area contributed by atoms with Gasteiger partial charge in [0.25, 0.3) is 0 Å². The molecule has 0 saturated heterocycles. The molecule has 2 aromatic rings. The molecule has 0 aliphatic carbocycles. The maximum Gasteiger partial charge on any atom is 0.169 e. The van der Waals surface area contributed by atoms with E-state index in [0.717, 1.165) is 24.3 Å². The van der Waals surface area contributed by atoms with Gasteiger partial charge in [0.05, 0.1) is 6.61 Å². The summed E-state index contributed by atoms with van der Waals surface area (Å²) < 4.78 is 10.5. The van der Waals surface area contributed by atoms with Gasteiger partial charge in [0.1, 0.15) is 5.75 Å². The van der Waals surface area contributed by atoms with Gasteiger partial charge in [-0.25, -0.2) is 0 Å². The number of fused-ring (bicyclic) bond motifs is 1. The number of nitrogens with zero attached hydrogens (tertiary/aromatic N) is 1. The first-order valence-corrected chi connectivity index (χ1v) is 4.81. The fourth-order valence-electron chi connectivity index (χ4n) is 1.76. The third-order valence-electron chi connectivity index (χ3n) is 2.50. The minimum absolute atomic E-state index is 0.404. The molecule has 4 heteroatoms. The molecule has 0 radical (unpaired) electrons. The van der Waals surface area contributed by atoms with Crippen LogP contribution in [0.1, 0.15) is 5.56 Å². The van der Waals surface area contributed by atoms with Crippen molar-refractivity contribution in [2.45, 2.75) is 6.42 Å². The lowest BCUT2D eigenvalue weighted by Gasteiger charge is -2.00. The Balaban J connectivity index is 2.06. The second-order valence-electron chi connectivity index (χ2n) is 3.54. The molecule has 1 aliphatic rings. The van der Waals surface area contributed by atoms with Crippen molar-refractivity contribution in [2.24, 2.45) is 0 Å². The molecular weight excluding hydrogens is 192 g/mol. The maximum absolute atomic E-state index is 5.50. The van der Waals surface area contributed by atoms with Crippen LogP contribution in [0.3, 0.4) is 0 Å². The summed E-state index contributed by atoms with van der Waals surface area (Å²) >= 11 is 0. The van der Waals surface area contributed by atoms with E-state index >= 15 is 0 Å². The number of nitrogen functional groups attached to an aromatic ring is 1. The van der Waals surface area contributed by atoms with Crippen LogP contribution in [0, 0.1) is 0 Å². The Morgan fingerprint density at radius 3 is 3.00 bits per heavy atom. The molecule has 0 spiro atoms. The average Bonchev–Trinajstić information content (AvgIpc) is 2.84. The monoisotopic (exact) mass is 202 g/mol. The van der Waals surface area contributed by atoms with Crippen LogP contribution in [0.5, 0.6) is 5.75 Å². The zero-order chi connectivity index (χ0) is 10.3. The smallest absolute Gasteiger partial charge is 0.169 e. The first-order valence-electron chi connectivity index (χ1n) is 4.81. The Labute approximate surface area is 86.6 Å². The fraction of sp³-hybridized carbons (Fsp3) is 0.182. The molecule has 3 rings (SSSR count). The third kappa shape index (κ3) is 1.34. The number of hydrogen-bond acceptors (Lipinski definition) is 4. The van der Waals surface area contributed by atoms with Crippen LogP contribution in [0.2, 0.25) is 0 Å². The van der Waals surface area contributed by atoms with Crippen LogP contribution < -0.4 is 10.5 Å². The molecule has 76 valence electrons. The second kappa shape index (κ2) is 3.02. The van der Waals surface area contributed by atoms with Crippen molar-refractivity contribution in [3.8, 4) is 17.1 Å². The van der Waals surface area contributed by atoms with Crippen molar-refractivity contribution in [3.05, 3.63) is 29.8 Å². The van der Waals surface area contributed by atoms with Crippen molar-refractivity contribution in [3.63, 3.8) is 0 Å². The Morgan fingerprint density at radius 2 is 2.20 bits per heavy atom. The van der Waals surface area contributed by atoms with E-state index in [-0.39, 0.29) is 0 Å². The van der Waals surface area contributed by atoms with Gasteiger partial charge in [0.2, 0.25) is 0 Å². The number of benzene rings is 1. The van der Waals surface area contributed by atoms with Gasteiger partial charge >= 0.3 is 0 Å². The highest BCUT2D eigenvalue weighted by Crippen LogP contribution is 2.30. The number of rotatable bonds is 1. The highest BCUT2D eigenvalue weighted by atomic mass is 16.5. The lowest BCUT2D eigenvalue weighted by atomic mass is 10.1. The molecule has 0 bridgehead atoms. The molecule has 0 fully saturated rings. The van der Waals surface area contributed by atoms with Gasteiger partial charge in [0.15, 0.2) is 11.6 Å². The zero-order valence-corrected chi connectivity index (χ0v) is 8.06. The van der Waals surface area contributed by atoms with E-state index in [1.807, 2.05) is 12.1 Å². The topological polar surface area (TPSA) is 61.3 Å². The summed E-state index contributed by atoms with van der Waals surface area (Å²) in [5, 5.41) is 3.66. The van der Waals surface area contributed by atoms with Crippen molar-refractivity contribution in [1.82, 2.24) is 5.16 Å². The minimum Gasteiger partial charge on any atom is -0.493 e. The van der Waals surface area contributed by atoms with Crippen LogP contribution in [-0.4, -0.2) is 11.8 Å². The number of nitrogens with two attached hydrogens (primary N) is 1. The van der Waals surface area contributed by atoms with Crippen LogP contribution in [0.15, 0.2) is 28.8 Å². The number of hydrogen-bond donors (Lipinski definition) is 1. The molecule has 2 heterocycles. The van der Waals surface area contributed by atoms with Crippen molar-refractivity contribution in [2.75, 3.05) is 12.3 Å². The molecule has 0 unspecified atom stereocenters. The van der Waals surface area contributed by atoms with Gasteiger partial charge in [-0.2, -0.15) is 0 Å². The Kier molecular flexibility index (Phi) is 1.68. The zero-order valence-electron chi connectivity index (χ0n) is 8.06. The van der Waals surface area contributed by atoms with Crippen LogP contribution >= 0.6 is 0 Å². The summed E-state index contributed by atoms with van der Waals surface area (Å²) in [6, 6.07) is 7.68. The van der Waals surface area contributed by atoms with Crippen molar-refractivity contribution in [1.29, 1.82) is 0 Å². The summed E-state index contributed by atoms with van der Waals surface area (Å²) in [4.78, 5) is 0. The van der Waals surface area contributed by atoms with E-state index in [1.54, 1.807) is 6.07 Å². The SMILES string of the molecule is Nc1cc(-c2ccc3c(c2)CCO3)on1. The van der Waals surface area contributed by atoms with Gasteiger partial charge in [-0.1, -0.05) is 5.16 Å². The van der Waals surface area contributed by atoms with Crippen LogP contribution in [0.25, 0.3) is 11.3 Å². The number of aromatic nitrogens is 1. The van der Waals surface area contributed by atoms with E-state index < -0.39 is 0 Å². The summed E-state index contributed by atoms with van der Waals surface area (Å²) in [7, 11) is 0. The fourth-order valence-corrected chi connectivity index (χ4v) is 1.76. The predicted molar refractivity (Wildman–Crippen MR) is 55.6 cm³/mol. The predicted octanol–water partition coefficient (Wildman–Crippen LogP) is 1.86. The standard InChI is InChI=1S/C11H10N2O2/c12-11-6-10(15-13-11)7-1-2-9-8(5-7)3-4-14-9/h1-2,5-6H,3-4H2,(H2,12,13). The third-order valence-corrected chi connectivity index (χ3v) is 2.50. The van der Waals surface area contributed by atoms with E-state index in [9.17, 15) is 0 Å². The van der Waals surface area contributed by atoms with Crippen LogP contribution in [-0.2, 0) is 6.42 Å². The minimum atomic E-state index is 0.404. The molecule has 15 heavy (non-hydrogen) atoms. The van der Waals surface area contributed by atoms with E-state index in [4.69, 9.17) is 15.0 Å². The highest BCUT2D eigenvalue weighted by molar-refractivity contribution is 5.63. The Bertz CT molecular complexity index is 505. The molecule has 0 atom stereocenters. The first kappa shape index (κ1) is 8.35. The molecule has 4 nitrogen and oxygen atoms in total. The van der Waals surface area contributed by atoms with E-state index in [0.29, 0.717) is 11.6 Å². The van der Waals surface area contributed by atoms with Gasteiger partial charge in [-0.15, -0.1) is 0 Å². The lowest BCUT2D eigenvalue weighted by molar-refractivity contribution is 0.357. The van der Waals surface area contributed by atoms with Gasteiger partial charge in [-0.05, 0) is 23.8 Å². The molecule has 1 aliphatic heterocycles. The molecular formula is C11H10N2O2. The molecule has 2 N–H and O–H groups in total. The normalized spacial score (nSPS) is 13.6. The molecule has 0 amide bonds. The lowest BCUT2D eigenvalue weighted by Crippen LogP contribution is -1.85. The van der Waals surface area contributed by atoms with Gasteiger partial charge in [0, 0.05) is 18.1 Å². The maximum atomic E-state index is 5.50. The van der Waals surface area contributed by atoms with E-state index in [2.05, 4.69) is 11.2 Å². The molecule has 1 aromatic carbocycles. The van der Waals surface area contributed by atoms with Gasteiger partial charge < -0.3 is 15.0 Å². The van der Waals surface area contributed by atoms with Gasteiger partial charge in [-0.3, -0.25) is 0 Å². The Morgan fingerprint density at radius 1 is 1.27 bits per heavy atom. The average molecular weight is 202 g/mol. The summed E-state index contributed by atoms with van der Waals surface area (Å²) in [5.74, 6) is 2.06.